The van der Waals surface area contributed by atoms with E-state index < -0.39 is 28.5 Å². The summed E-state index contributed by atoms with van der Waals surface area (Å²) in [4.78, 5) is 22.6. The number of benzene rings is 1. The minimum absolute atomic E-state index is 0.0585. The maximum absolute atomic E-state index is 12.4. The molecule has 0 heterocycles. The molecule has 0 radical (unpaired) electrons. The van der Waals surface area contributed by atoms with E-state index in [1.807, 2.05) is 0 Å². The van der Waals surface area contributed by atoms with Gasteiger partial charge in [-0.05, 0) is 24.6 Å². The summed E-state index contributed by atoms with van der Waals surface area (Å²) in [6.07, 6.45) is 0. The standard InChI is InChI=1S/C13H17NO6S/c1-9-5-6-10(13(16)20-4)7-11(9)21(17,18)14(2)8-12(15)19-3/h5-7H,8H2,1-4H3. The molecule has 0 bridgehead atoms. The van der Waals surface area contributed by atoms with Crippen LogP contribution in [-0.4, -0.2) is 52.5 Å². The second-order valence-electron chi connectivity index (χ2n) is 4.31. The van der Waals surface area contributed by atoms with Gasteiger partial charge in [-0.15, -0.1) is 0 Å². The number of sulfonamides is 1. The van der Waals surface area contributed by atoms with Crippen molar-refractivity contribution in [1.29, 1.82) is 0 Å². The number of aryl methyl sites for hydroxylation is 1. The molecule has 0 saturated carbocycles. The number of rotatable bonds is 5. The highest BCUT2D eigenvalue weighted by Gasteiger charge is 2.26. The lowest BCUT2D eigenvalue weighted by Crippen LogP contribution is -2.33. The molecule has 0 unspecified atom stereocenters. The Kier molecular flexibility index (Phi) is 5.45. The van der Waals surface area contributed by atoms with Gasteiger partial charge in [0.15, 0.2) is 0 Å². The molecular formula is C13H17NO6S. The van der Waals surface area contributed by atoms with Gasteiger partial charge in [0.1, 0.15) is 6.54 Å². The Morgan fingerprint density at radius 2 is 1.81 bits per heavy atom. The number of carbonyl (C=O) groups excluding carboxylic acids is 2. The van der Waals surface area contributed by atoms with Crippen molar-refractivity contribution in [2.24, 2.45) is 0 Å². The summed E-state index contributed by atoms with van der Waals surface area (Å²) in [5, 5.41) is 0. The molecule has 0 spiro atoms. The maximum Gasteiger partial charge on any atom is 0.337 e. The number of hydrogen-bond donors (Lipinski definition) is 0. The lowest BCUT2D eigenvalue weighted by atomic mass is 10.1. The number of nitrogens with zero attached hydrogens (tertiary/aromatic N) is 1. The molecule has 1 aromatic rings. The highest BCUT2D eigenvalue weighted by Crippen LogP contribution is 2.21. The zero-order valence-electron chi connectivity index (χ0n) is 12.2. The van der Waals surface area contributed by atoms with E-state index in [-0.39, 0.29) is 10.5 Å². The van der Waals surface area contributed by atoms with Crippen LogP contribution >= 0.6 is 0 Å². The van der Waals surface area contributed by atoms with Crippen LogP contribution in [0.4, 0.5) is 0 Å². The van der Waals surface area contributed by atoms with E-state index in [1.54, 1.807) is 6.92 Å². The lowest BCUT2D eigenvalue weighted by molar-refractivity contribution is -0.140. The zero-order chi connectivity index (χ0) is 16.2. The van der Waals surface area contributed by atoms with Gasteiger partial charge < -0.3 is 9.47 Å². The fourth-order valence-electron chi connectivity index (χ4n) is 1.62. The number of esters is 2. The van der Waals surface area contributed by atoms with Gasteiger partial charge in [-0.1, -0.05) is 6.07 Å². The van der Waals surface area contributed by atoms with E-state index >= 15 is 0 Å². The summed E-state index contributed by atoms with van der Waals surface area (Å²) in [7, 11) is -0.273. The molecule has 0 aliphatic heterocycles. The van der Waals surface area contributed by atoms with Crippen LogP contribution in [0.25, 0.3) is 0 Å². The van der Waals surface area contributed by atoms with Crippen molar-refractivity contribution < 1.29 is 27.5 Å². The van der Waals surface area contributed by atoms with E-state index in [4.69, 9.17) is 0 Å². The van der Waals surface area contributed by atoms with E-state index in [9.17, 15) is 18.0 Å². The molecule has 8 heteroatoms. The summed E-state index contributed by atoms with van der Waals surface area (Å²) in [6.45, 7) is 1.18. The molecule has 0 aliphatic rings. The monoisotopic (exact) mass is 315 g/mol. The van der Waals surface area contributed by atoms with Crippen molar-refractivity contribution in [3.63, 3.8) is 0 Å². The number of methoxy groups -OCH3 is 2. The van der Waals surface area contributed by atoms with Crippen LogP contribution in [0.5, 0.6) is 0 Å². The molecule has 0 amide bonds. The number of carbonyl (C=O) groups is 2. The second-order valence-corrected chi connectivity index (χ2v) is 6.32. The van der Waals surface area contributed by atoms with Gasteiger partial charge in [-0.25, -0.2) is 13.2 Å². The third-order valence-electron chi connectivity index (χ3n) is 2.88. The predicted octanol–water partition coefficient (Wildman–Crippen LogP) is 0.575. The average molecular weight is 315 g/mol. The minimum atomic E-state index is -3.91. The number of likely N-dealkylation sites (N-methyl/N-ethyl adjacent to an activating group) is 1. The first-order valence-corrected chi connectivity index (χ1v) is 7.40. The van der Waals surface area contributed by atoms with Gasteiger partial charge in [0.05, 0.1) is 24.7 Å². The fourth-order valence-corrected chi connectivity index (χ4v) is 2.98. The Hall–Kier alpha value is -1.93. The first-order valence-electron chi connectivity index (χ1n) is 5.96. The topological polar surface area (TPSA) is 90.0 Å². The van der Waals surface area contributed by atoms with Gasteiger partial charge in [0.2, 0.25) is 10.0 Å². The molecule has 0 atom stereocenters. The van der Waals surface area contributed by atoms with Crippen LogP contribution in [-0.2, 0) is 24.3 Å². The van der Waals surface area contributed by atoms with Crippen molar-refractivity contribution in [2.75, 3.05) is 27.8 Å². The molecule has 0 aliphatic carbocycles. The van der Waals surface area contributed by atoms with Crippen molar-refractivity contribution in [3.8, 4) is 0 Å². The van der Waals surface area contributed by atoms with Gasteiger partial charge in [-0.3, -0.25) is 4.79 Å². The molecule has 1 aromatic carbocycles. The first-order chi connectivity index (χ1) is 9.73. The Morgan fingerprint density at radius 3 is 2.33 bits per heavy atom. The first kappa shape index (κ1) is 17.1. The Bertz CT molecular complexity index is 653. The van der Waals surface area contributed by atoms with E-state index in [1.165, 1.54) is 39.5 Å². The quantitative estimate of drug-likeness (QED) is 0.738. The van der Waals surface area contributed by atoms with Crippen LogP contribution in [0.3, 0.4) is 0 Å². The Balaban J connectivity index is 3.24. The van der Waals surface area contributed by atoms with Crippen molar-refractivity contribution in [1.82, 2.24) is 4.31 Å². The van der Waals surface area contributed by atoms with Gasteiger partial charge in [-0.2, -0.15) is 4.31 Å². The van der Waals surface area contributed by atoms with E-state index in [2.05, 4.69) is 9.47 Å². The number of ether oxygens (including phenoxy) is 2. The summed E-state index contributed by atoms with van der Waals surface area (Å²) in [5.41, 5.74) is 0.576. The molecule has 0 aromatic heterocycles. The summed E-state index contributed by atoms with van der Waals surface area (Å²) >= 11 is 0. The average Bonchev–Trinajstić information content (AvgIpc) is 2.46. The third kappa shape index (κ3) is 3.79. The predicted molar refractivity (Wildman–Crippen MR) is 74.4 cm³/mol. The molecule has 0 N–H and O–H groups in total. The smallest absolute Gasteiger partial charge is 0.337 e. The third-order valence-corrected chi connectivity index (χ3v) is 4.82. The Morgan fingerprint density at radius 1 is 1.19 bits per heavy atom. The van der Waals surface area contributed by atoms with Crippen LogP contribution in [0.2, 0.25) is 0 Å². The van der Waals surface area contributed by atoms with Crippen molar-refractivity contribution >= 4 is 22.0 Å². The highest BCUT2D eigenvalue weighted by molar-refractivity contribution is 7.89. The summed E-state index contributed by atoms with van der Waals surface area (Å²) in [5.74, 6) is -1.31. The molecule has 0 fully saturated rings. The normalized spacial score (nSPS) is 11.3. The minimum Gasteiger partial charge on any atom is -0.468 e. The SMILES string of the molecule is COC(=O)CN(C)S(=O)(=O)c1cc(C(=O)OC)ccc1C. The largest absolute Gasteiger partial charge is 0.468 e. The Labute approximate surface area is 123 Å². The lowest BCUT2D eigenvalue weighted by Gasteiger charge is -2.17. The molecule has 0 saturated heterocycles. The van der Waals surface area contributed by atoms with E-state index in [0.29, 0.717) is 5.56 Å². The second kappa shape index (κ2) is 6.68. The summed E-state index contributed by atoms with van der Waals surface area (Å²) in [6, 6.07) is 4.20. The van der Waals surface area contributed by atoms with E-state index in [0.717, 1.165) is 4.31 Å². The van der Waals surface area contributed by atoms with Crippen LogP contribution in [0.15, 0.2) is 23.1 Å². The summed E-state index contributed by atoms with van der Waals surface area (Å²) < 4.78 is 34.7. The van der Waals surface area contributed by atoms with Gasteiger partial charge in [0, 0.05) is 7.05 Å². The number of hydrogen-bond acceptors (Lipinski definition) is 6. The van der Waals surface area contributed by atoms with Gasteiger partial charge in [0.25, 0.3) is 0 Å². The molecule has 21 heavy (non-hydrogen) atoms. The van der Waals surface area contributed by atoms with Crippen molar-refractivity contribution in [3.05, 3.63) is 29.3 Å². The van der Waals surface area contributed by atoms with Crippen LogP contribution in [0.1, 0.15) is 15.9 Å². The zero-order valence-corrected chi connectivity index (χ0v) is 13.1. The molecule has 7 nitrogen and oxygen atoms in total. The van der Waals surface area contributed by atoms with Crippen LogP contribution in [0, 0.1) is 6.92 Å². The molecule has 116 valence electrons. The fraction of sp³-hybridized carbons (Fsp3) is 0.385. The van der Waals surface area contributed by atoms with Gasteiger partial charge >= 0.3 is 11.9 Å². The molecular weight excluding hydrogens is 298 g/mol. The maximum atomic E-state index is 12.4. The van der Waals surface area contributed by atoms with Crippen molar-refractivity contribution in [2.45, 2.75) is 11.8 Å². The van der Waals surface area contributed by atoms with Crippen LogP contribution < -0.4 is 0 Å². The highest BCUT2D eigenvalue weighted by atomic mass is 32.2. The molecule has 1 rings (SSSR count).